The molecule has 0 aromatic rings. The van der Waals surface area contributed by atoms with E-state index in [0.29, 0.717) is 0 Å². The number of carbonyl (C=O) groups excluding carboxylic acids is 1. The number of methoxy groups -OCH3 is 1. The lowest BCUT2D eigenvalue weighted by Crippen LogP contribution is -2.50. The van der Waals surface area contributed by atoms with Gasteiger partial charge in [-0.25, -0.2) is 9.59 Å². The van der Waals surface area contributed by atoms with Crippen LogP contribution in [0.1, 0.15) is 13.8 Å². The Balaban J connectivity index is 4.04. The lowest BCUT2D eigenvalue weighted by molar-refractivity contribution is -0.140. The molecule has 0 radical (unpaired) electrons. The highest BCUT2D eigenvalue weighted by Gasteiger charge is 2.21. The molecule has 0 saturated heterocycles. The van der Waals surface area contributed by atoms with E-state index in [1.807, 2.05) is 0 Å². The van der Waals surface area contributed by atoms with Crippen molar-refractivity contribution in [2.45, 2.75) is 25.5 Å². The zero-order chi connectivity index (χ0) is 12.8. The Bertz CT molecular complexity index is 254. The first-order chi connectivity index (χ1) is 7.32. The summed E-state index contributed by atoms with van der Waals surface area (Å²) in [5, 5.41) is 21.8. The number of hydrogen-bond acceptors (Lipinski definition) is 4. The molecule has 2 amide bonds. The van der Waals surface area contributed by atoms with Gasteiger partial charge in [-0.15, -0.1) is 0 Å². The minimum absolute atomic E-state index is 0.229. The molecule has 7 nitrogen and oxygen atoms in total. The van der Waals surface area contributed by atoms with Crippen LogP contribution in [-0.2, 0) is 9.53 Å². The molecule has 0 aromatic carbocycles. The fourth-order valence-electron chi connectivity index (χ4n) is 0.760. The number of carboxylic acid groups (broad SMARTS) is 1. The topological polar surface area (TPSA) is 108 Å². The van der Waals surface area contributed by atoms with Crippen LogP contribution in [0, 0.1) is 0 Å². The van der Waals surface area contributed by atoms with E-state index < -0.39 is 30.3 Å². The van der Waals surface area contributed by atoms with Gasteiger partial charge < -0.3 is 25.6 Å². The van der Waals surface area contributed by atoms with Crippen molar-refractivity contribution in [2.75, 3.05) is 20.3 Å². The number of ether oxygens (including phenoxy) is 1. The van der Waals surface area contributed by atoms with Gasteiger partial charge in [-0.05, 0) is 13.8 Å². The number of nitrogens with one attached hydrogen (secondary N) is 2. The molecule has 1 unspecified atom stereocenters. The van der Waals surface area contributed by atoms with Crippen molar-refractivity contribution in [3.8, 4) is 0 Å². The lowest BCUT2D eigenvalue weighted by atomic mass is 10.1. The molecule has 94 valence electrons. The second-order valence-electron chi connectivity index (χ2n) is 3.86. The summed E-state index contributed by atoms with van der Waals surface area (Å²) < 4.78 is 5.06. The van der Waals surface area contributed by atoms with Gasteiger partial charge in [-0.2, -0.15) is 0 Å². The molecule has 0 heterocycles. The van der Waals surface area contributed by atoms with Crippen LogP contribution in [-0.4, -0.2) is 54.1 Å². The smallest absolute Gasteiger partial charge is 0.328 e. The Morgan fingerprint density at radius 3 is 2.38 bits per heavy atom. The van der Waals surface area contributed by atoms with E-state index in [0.717, 1.165) is 0 Å². The van der Waals surface area contributed by atoms with Gasteiger partial charge in [0, 0.05) is 13.7 Å². The monoisotopic (exact) mass is 234 g/mol. The molecular weight excluding hydrogens is 216 g/mol. The Kier molecular flexibility index (Phi) is 5.76. The quantitative estimate of drug-likeness (QED) is 0.479. The summed E-state index contributed by atoms with van der Waals surface area (Å²) in [5.74, 6) is -1.29. The number of carbonyl (C=O) groups is 2. The average molecular weight is 234 g/mol. The molecule has 4 N–H and O–H groups in total. The fraction of sp³-hybridized carbons (Fsp3) is 0.778. The second kappa shape index (κ2) is 6.29. The highest BCUT2D eigenvalue weighted by molar-refractivity contribution is 5.82. The van der Waals surface area contributed by atoms with Gasteiger partial charge in [0.1, 0.15) is 0 Å². The highest BCUT2D eigenvalue weighted by atomic mass is 16.5. The Labute approximate surface area is 93.8 Å². The number of urea groups is 1. The van der Waals surface area contributed by atoms with Crippen molar-refractivity contribution >= 4 is 12.0 Å². The normalized spacial score (nSPS) is 13.0. The average Bonchev–Trinajstić information content (AvgIpc) is 2.22. The first kappa shape index (κ1) is 14.7. The number of aliphatic hydroxyl groups excluding tert-OH is 1. The molecule has 0 aromatic heterocycles. The minimum Gasteiger partial charge on any atom is -0.480 e. The van der Waals surface area contributed by atoms with Gasteiger partial charge in [0.15, 0.2) is 6.04 Å². The molecule has 1 atom stereocenters. The van der Waals surface area contributed by atoms with Crippen LogP contribution in [0.3, 0.4) is 0 Å². The first-order valence-corrected chi connectivity index (χ1v) is 4.75. The van der Waals surface area contributed by atoms with E-state index >= 15 is 0 Å². The van der Waals surface area contributed by atoms with Crippen LogP contribution in [0.2, 0.25) is 0 Å². The minimum atomic E-state index is -1.30. The third-order valence-corrected chi connectivity index (χ3v) is 2.01. The van der Waals surface area contributed by atoms with E-state index in [1.54, 1.807) is 13.8 Å². The van der Waals surface area contributed by atoms with Crippen molar-refractivity contribution in [3.05, 3.63) is 0 Å². The fourth-order valence-corrected chi connectivity index (χ4v) is 0.760. The molecule has 0 aliphatic carbocycles. The van der Waals surface area contributed by atoms with E-state index in [2.05, 4.69) is 10.6 Å². The summed E-state index contributed by atoms with van der Waals surface area (Å²) in [5.41, 5.74) is -0.532. The second-order valence-corrected chi connectivity index (χ2v) is 3.86. The van der Waals surface area contributed by atoms with E-state index in [9.17, 15) is 9.59 Å². The van der Waals surface area contributed by atoms with Crippen molar-refractivity contribution in [1.29, 1.82) is 0 Å². The summed E-state index contributed by atoms with van der Waals surface area (Å²) >= 11 is 0. The van der Waals surface area contributed by atoms with Crippen molar-refractivity contribution < 1.29 is 24.5 Å². The predicted octanol–water partition coefficient (Wildman–Crippen LogP) is -0.844. The van der Waals surface area contributed by atoms with Gasteiger partial charge >= 0.3 is 12.0 Å². The molecular formula is C9H18N2O5. The third kappa shape index (κ3) is 5.52. The van der Waals surface area contributed by atoms with Crippen LogP contribution >= 0.6 is 0 Å². The van der Waals surface area contributed by atoms with Gasteiger partial charge in [-0.1, -0.05) is 0 Å². The van der Waals surface area contributed by atoms with Crippen LogP contribution in [0.4, 0.5) is 4.79 Å². The zero-order valence-corrected chi connectivity index (χ0v) is 9.61. The molecule has 0 fully saturated rings. The van der Waals surface area contributed by atoms with Crippen molar-refractivity contribution in [3.63, 3.8) is 0 Å². The van der Waals surface area contributed by atoms with E-state index in [-0.39, 0.29) is 6.54 Å². The number of carboxylic acids is 1. The van der Waals surface area contributed by atoms with Crippen LogP contribution in [0.25, 0.3) is 0 Å². The molecule has 0 spiro atoms. The van der Waals surface area contributed by atoms with Crippen molar-refractivity contribution in [1.82, 2.24) is 10.6 Å². The number of aliphatic hydroxyl groups is 1. The van der Waals surface area contributed by atoms with Crippen LogP contribution in [0.5, 0.6) is 0 Å². The summed E-state index contributed by atoms with van der Waals surface area (Å²) in [7, 11) is 1.51. The molecule has 0 aliphatic rings. The van der Waals surface area contributed by atoms with Crippen LogP contribution < -0.4 is 10.6 Å². The standard InChI is InChI=1S/C9H18N2O5/c1-9(2,16-3)5-10-8(15)11-6(4-12)7(13)14/h6,12H,4-5H2,1-3H3,(H,13,14)(H2,10,11,15). The zero-order valence-electron chi connectivity index (χ0n) is 9.61. The summed E-state index contributed by atoms with van der Waals surface area (Å²) in [6.45, 7) is 3.12. The number of rotatable bonds is 6. The molecule has 0 bridgehead atoms. The number of aliphatic carboxylic acids is 1. The summed E-state index contributed by atoms with van der Waals surface area (Å²) in [6, 6.07) is -1.96. The van der Waals surface area contributed by atoms with Crippen molar-refractivity contribution in [2.24, 2.45) is 0 Å². The molecule has 0 aliphatic heterocycles. The van der Waals surface area contributed by atoms with Gasteiger partial charge in [0.05, 0.1) is 12.2 Å². The van der Waals surface area contributed by atoms with E-state index in [4.69, 9.17) is 14.9 Å². The summed E-state index contributed by atoms with van der Waals surface area (Å²) in [6.07, 6.45) is 0. The SMILES string of the molecule is COC(C)(C)CNC(=O)NC(CO)C(=O)O. The van der Waals surface area contributed by atoms with Gasteiger partial charge in [-0.3, -0.25) is 0 Å². The third-order valence-electron chi connectivity index (χ3n) is 2.01. The highest BCUT2D eigenvalue weighted by Crippen LogP contribution is 2.04. The van der Waals surface area contributed by atoms with Gasteiger partial charge in [0.25, 0.3) is 0 Å². The predicted molar refractivity (Wildman–Crippen MR) is 56.1 cm³/mol. The maximum absolute atomic E-state index is 11.2. The summed E-state index contributed by atoms with van der Waals surface area (Å²) in [4.78, 5) is 21.7. The Morgan fingerprint density at radius 2 is 2.00 bits per heavy atom. The Hall–Kier alpha value is -1.34. The lowest BCUT2D eigenvalue weighted by Gasteiger charge is -2.23. The molecule has 7 heteroatoms. The molecule has 0 saturated carbocycles. The Morgan fingerprint density at radius 1 is 1.44 bits per heavy atom. The first-order valence-electron chi connectivity index (χ1n) is 4.75. The maximum atomic E-state index is 11.2. The number of amides is 2. The molecule has 16 heavy (non-hydrogen) atoms. The van der Waals surface area contributed by atoms with Gasteiger partial charge in [0.2, 0.25) is 0 Å². The van der Waals surface area contributed by atoms with Crippen LogP contribution in [0.15, 0.2) is 0 Å². The number of hydrogen-bond donors (Lipinski definition) is 4. The largest absolute Gasteiger partial charge is 0.480 e. The molecule has 0 rings (SSSR count). The maximum Gasteiger partial charge on any atom is 0.328 e. The van der Waals surface area contributed by atoms with E-state index in [1.165, 1.54) is 7.11 Å².